The largest absolute Gasteiger partial charge is 0.376 e. The van der Waals surface area contributed by atoms with E-state index < -0.39 is 0 Å². The van der Waals surface area contributed by atoms with E-state index in [9.17, 15) is 9.18 Å². The van der Waals surface area contributed by atoms with Gasteiger partial charge >= 0.3 is 0 Å². The predicted molar refractivity (Wildman–Crippen MR) is 65.6 cm³/mol. The molecule has 3 nitrogen and oxygen atoms in total. The highest BCUT2D eigenvalue weighted by Crippen LogP contribution is 2.22. The lowest BCUT2D eigenvalue weighted by molar-refractivity contribution is 0.109. The van der Waals surface area contributed by atoms with Crippen LogP contribution >= 0.6 is 15.9 Å². The van der Waals surface area contributed by atoms with Gasteiger partial charge in [0.05, 0.1) is 23.2 Å². The Balaban J connectivity index is 2.40. The highest BCUT2D eigenvalue weighted by Gasteiger charge is 2.16. The van der Waals surface area contributed by atoms with E-state index in [1.54, 1.807) is 0 Å². The van der Waals surface area contributed by atoms with Crippen LogP contribution in [0.1, 0.15) is 11.3 Å². The number of nitrogens with one attached hydrogen (secondary N) is 1. The van der Waals surface area contributed by atoms with E-state index in [-0.39, 0.29) is 11.2 Å². The van der Waals surface area contributed by atoms with Crippen molar-refractivity contribution < 1.29 is 9.13 Å². The third kappa shape index (κ3) is 1.70. The van der Waals surface area contributed by atoms with Gasteiger partial charge in [-0.1, -0.05) is 0 Å². The smallest absolute Gasteiger partial charge is 0.195 e. The molecule has 17 heavy (non-hydrogen) atoms. The van der Waals surface area contributed by atoms with E-state index >= 15 is 0 Å². The summed E-state index contributed by atoms with van der Waals surface area (Å²) in [5, 5.41) is 0.488. The van der Waals surface area contributed by atoms with Gasteiger partial charge < -0.3 is 9.72 Å². The molecular formula is C12H9BrFNO2. The molecule has 0 saturated heterocycles. The fourth-order valence-corrected chi connectivity index (χ4v) is 2.43. The van der Waals surface area contributed by atoms with Gasteiger partial charge in [-0.3, -0.25) is 4.79 Å². The SMILES string of the molecule is O=c1c2c([nH]c3cc(F)c(Br)cc13)CCOC2. The van der Waals surface area contributed by atoms with Crippen molar-refractivity contribution in [1.29, 1.82) is 0 Å². The number of pyridine rings is 1. The first-order valence-corrected chi connectivity index (χ1v) is 6.06. The zero-order chi connectivity index (χ0) is 12.0. The number of H-pyrrole nitrogens is 1. The highest BCUT2D eigenvalue weighted by atomic mass is 79.9. The van der Waals surface area contributed by atoms with Gasteiger partial charge in [-0.2, -0.15) is 0 Å². The molecule has 0 spiro atoms. The molecule has 0 atom stereocenters. The number of ether oxygens (including phenoxy) is 1. The molecule has 0 saturated carbocycles. The number of fused-ring (bicyclic) bond motifs is 2. The van der Waals surface area contributed by atoms with Gasteiger partial charge in [-0.05, 0) is 28.1 Å². The summed E-state index contributed by atoms with van der Waals surface area (Å²) in [6.07, 6.45) is 0.665. The Labute approximate surface area is 105 Å². The number of aromatic nitrogens is 1. The average molecular weight is 298 g/mol. The molecular weight excluding hydrogens is 289 g/mol. The summed E-state index contributed by atoms with van der Waals surface area (Å²) in [5.41, 5.74) is 1.98. The number of hydrogen-bond acceptors (Lipinski definition) is 2. The van der Waals surface area contributed by atoms with Crippen LogP contribution in [0.2, 0.25) is 0 Å². The lowest BCUT2D eigenvalue weighted by Crippen LogP contribution is -2.21. The molecule has 0 unspecified atom stereocenters. The summed E-state index contributed by atoms with van der Waals surface area (Å²) in [4.78, 5) is 15.3. The van der Waals surface area contributed by atoms with Crippen molar-refractivity contribution in [1.82, 2.24) is 4.98 Å². The van der Waals surface area contributed by atoms with Gasteiger partial charge in [-0.25, -0.2) is 4.39 Å². The second-order valence-corrected chi connectivity index (χ2v) is 4.88. The molecule has 5 heteroatoms. The Morgan fingerprint density at radius 2 is 2.24 bits per heavy atom. The lowest BCUT2D eigenvalue weighted by Gasteiger charge is -2.16. The van der Waals surface area contributed by atoms with Crippen molar-refractivity contribution in [3.8, 4) is 0 Å². The Kier molecular flexibility index (Phi) is 2.52. The maximum absolute atomic E-state index is 13.4. The van der Waals surface area contributed by atoms with E-state index in [1.165, 1.54) is 12.1 Å². The number of halogens is 2. The van der Waals surface area contributed by atoms with Crippen LogP contribution in [0.4, 0.5) is 4.39 Å². The molecule has 1 aromatic carbocycles. The van der Waals surface area contributed by atoms with Gasteiger partial charge in [0.1, 0.15) is 5.82 Å². The minimum atomic E-state index is -0.375. The fraction of sp³-hybridized carbons (Fsp3) is 0.250. The summed E-state index contributed by atoms with van der Waals surface area (Å²) < 4.78 is 19.0. The van der Waals surface area contributed by atoms with E-state index in [1.807, 2.05) is 0 Å². The molecule has 88 valence electrons. The van der Waals surface area contributed by atoms with Crippen LogP contribution in [0.25, 0.3) is 10.9 Å². The van der Waals surface area contributed by atoms with Crippen LogP contribution < -0.4 is 5.43 Å². The number of aromatic amines is 1. The molecule has 0 amide bonds. The molecule has 2 aromatic rings. The van der Waals surface area contributed by atoms with Gasteiger partial charge in [0.2, 0.25) is 0 Å². The van der Waals surface area contributed by atoms with Gasteiger partial charge in [0.15, 0.2) is 5.43 Å². The highest BCUT2D eigenvalue weighted by molar-refractivity contribution is 9.10. The van der Waals surface area contributed by atoms with E-state index in [0.29, 0.717) is 40.6 Å². The maximum Gasteiger partial charge on any atom is 0.195 e. The molecule has 0 bridgehead atoms. The molecule has 1 aromatic heterocycles. The third-order valence-corrected chi connectivity index (χ3v) is 3.58. The standard InChI is InChI=1S/C12H9BrFNO2/c13-8-3-6-11(4-9(8)14)15-10-1-2-17-5-7(10)12(6)16/h3-4H,1-2,5H2,(H,15,16). The van der Waals surface area contributed by atoms with Crippen molar-refractivity contribution in [3.63, 3.8) is 0 Å². The molecule has 1 aliphatic heterocycles. The monoisotopic (exact) mass is 297 g/mol. The van der Waals surface area contributed by atoms with Crippen molar-refractivity contribution in [2.75, 3.05) is 6.61 Å². The molecule has 1 N–H and O–H groups in total. The Morgan fingerprint density at radius 3 is 3.06 bits per heavy atom. The van der Waals surface area contributed by atoms with E-state index in [0.717, 1.165) is 5.69 Å². The lowest BCUT2D eigenvalue weighted by atomic mass is 10.1. The minimum Gasteiger partial charge on any atom is -0.376 e. The van der Waals surface area contributed by atoms with Crippen molar-refractivity contribution in [2.24, 2.45) is 0 Å². The van der Waals surface area contributed by atoms with Crippen molar-refractivity contribution in [3.05, 3.63) is 43.9 Å². The topological polar surface area (TPSA) is 42.1 Å². The van der Waals surface area contributed by atoms with Crippen LogP contribution in [-0.2, 0) is 17.8 Å². The van der Waals surface area contributed by atoms with Gasteiger partial charge in [0, 0.05) is 23.1 Å². The normalized spacial score (nSPS) is 14.9. The zero-order valence-electron chi connectivity index (χ0n) is 8.85. The van der Waals surface area contributed by atoms with Crippen molar-refractivity contribution >= 4 is 26.8 Å². The van der Waals surface area contributed by atoms with Crippen LogP contribution in [0, 0.1) is 5.82 Å². The molecule has 0 fully saturated rings. The van der Waals surface area contributed by atoms with Crippen molar-refractivity contribution in [2.45, 2.75) is 13.0 Å². The zero-order valence-corrected chi connectivity index (χ0v) is 10.4. The molecule has 0 aliphatic carbocycles. The molecule has 2 heterocycles. The molecule has 3 rings (SSSR count). The number of benzene rings is 1. The second-order valence-electron chi connectivity index (χ2n) is 4.03. The summed E-state index contributed by atoms with van der Waals surface area (Å²) in [7, 11) is 0. The van der Waals surface area contributed by atoms with Crippen LogP contribution in [0.5, 0.6) is 0 Å². The van der Waals surface area contributed by atoms with Crippen LogP contribution in [-0.4, -0.2) is 11.6 Å². The third-order valence-electron chi connectivity index (χ3n) is 2.97. The fourth-order valence-electron chi connectivity index (χ4n) is 2.09. The Morgan fingerprint density at radius 1 is 1.41 bits per heavy atom. The summed E-state index contributed by atoms with van der Waals surface area (Å²) in [6.45, 7) is 0.920. The van der Waals surface area contributed by atoms with Crippen LogP contribution in [0.15, 0.2) is 21.4 Å². The Bertz CT molecular complexity index is 666. The van der Waals surface area contributed by atoms with Gasteiger partial charge in [0.25, 0.3) is 0 Å². The summed E-state index contributed by atoms with van der Waals surface area (Å²) in [5.74, 6) is -0.375. The second kappa shape index (κ2) is 3.92. The Hall–Kier alpha value is -1.20. The van der Waals surface area contributed by atoms with E-state index in [4.69, 9.17) is 4.74 Å². The average Bonchev–Trinajstić information content (AvgIpc) is 2.32. The van der Waals surface area contributed by atoms with Gasteiger partial charge in [-0.15, -0.1) is 0 Å². The molecule has 1 aliphatic rings. The minimum absolute atomic E-state index is 0.0749. The number of rotatable bonds is 0. The van der Waals surface area contributed by atoms with Crippen LogP contribution in [0.3, 0.4) is 0 Å². The first kappa shape index (κ1) is 10.9. The first-order chi connectivity index (χ1) is 8.16. The summed E-state index contributed by atoms with van der Waals surface area (Å²) >= 11 is 3.09. The molecule has 0 radical (unpaired) electrons. The van der Waals surface area contributed by atoms with E-state index in [2.05, 4.69) is 20.9 Å². The predicted octanol–water partition coefficient (Wildman–Crippen LogP) is 2.50. The number of hydrogen-bond donors (Lipinski definition) is 1. The summed E-state index contributed by atoms with van der Waals surface area (Å²) in [6, 6.07) is 2.86. The quantitative estimate of drug-likeness (QED) is 0.812. The maximum atomic E-state index is 13.4. The first-order valence-electron chi connectivity index (χ1n) is 5.27.